The molecule has 2 aliphatic rings. The molecule has 5 atom stereocenters. The first-order valence-electron chi connectivity index (χ1n) is 7.86. The Morgan fingerprint density at radius 1 is 1.37 bits per heavy atom. The van der Waals surface area contributed by atoms with E-state index < -0.39 is 5.60 Å². The first kappa shape index (κ1) is 15.1. The number of aliphatic hydroxyl groups is 1. The van der Waals surface area contributed by atoms with Crippen molar-refractivity contribution in [3.63, 3.8) is 0 Å². The van der Waals surface area contributed by atoms with Crippen molar-refractivity contribution in [1.82, 2.24) is 0 Å². The molecule has 0 bridgehead atoms. The van der Waals surface area contributed by atoms with Crippen LogP contribution in [0.15, 0.2) is 12.7 Å². The maximum Gasteiger partial charge on any atom is 0.0750 e. The predicted molar refractivity (Wildman–Crippen MR) is 79.0 cm³/mol. The van der Waals surface area contributed by atoms with Gasteiger partial charge in [-0.2, -0.15) is 0 Å². The zero-order chi connectivity index (χ0) is 14.3. The van der Waals surface area contributed by atoms with Crippen LogP contribution in [0.2, 0.25) is 0 Å². The molecule has 0 aromatic heterocycles. The lowest BCUT2D eigenvalue weighted by Crippen LogP contribution is -2.36. The predicted octanol–water partition coefficient (Wildman–Crippen LogP) is 3.94. The summed E-state index contributed by atoms with van der Waals surface area (Å²) in [4.78, 5) is 0. The molecule has 3 unspecified atom stereocenters. The zero-order valence-electron chi connectivity index (χ0n) is 13.0. The van der Waals surface area contributed by atoms with E-state index in [1.165, 1.54) is 0 Å². The third-order valence-electron chi connectivity index (χ3n) is 6.18. The Hall–Kier alpha value is -0.340. The van der Waals surface area contributed by atoms with Crippen LogP contribution in [0.1, 0.15) is 59.8 Å². The molecule has 19 heavy (non-hydrogen) atoms. The third kappa shape index (κ3) is 1.91. The van der Waals surface area contributed by atoms with E-state index in [0.29, 0.717) is 5.92 Å². The number of hydrogen-bond acceptors (Lipinski definition) is 2. The summed E-state index contributed by atoms with van der Waals surface area (Å²) in [5.74, 6) is 0.512. The molecule has 0 saturated heterocycles. The maximum atomic E-state index is 10.8. The van der Waals surface area contributed by atoms with E-state index in [9.17, 15) is 5.11 Å². The summed E-state index contributed by atoms with van der Waals surface area (Å²) in [7, 11) is 0. The lowest BCUT2D eigenvalue weighted by molar-refractivity contribution is -0.0340. The number of fused-ring (bicyclic) bond motifs is 1. The maximum absolute atomic E-state index is 10.8. The smallest absolute Gasteiger partial charge is 0.0750 e. The van der Waals surface area contributed by atoms with E-state index in [1.54, 1.807) is 0 Å². The van der Waals surface area contributed by atoms with Crippen molar-refractivity contribution < 1.29 is 9.84 Å². The molecular formula is C17H30O2. The Bertz CT molecular complexity index is 349. The minimum atomic E-state index is -0.512. The van der Waals surface area contributed by atoms with E-state index in [4.69, 9.17) is 4.74 Å². The van der Waals surface area contributed by atoms with E-state index >= 15 is 0 Å². The highest BCUT2D eigenvalue weighted by Gasteiger charge is 2.81. The molecule has 0 heterocycles. The van der Waals surface area contributed by atoms with Gasteiger partial charge >= 0.3 is 0 Å². The molecule has 0 spiro atoms. The SMILES string of the molecule is C=CC(CC)OCC1C2(C)CC[C@](C)(O)[C@]12CCC. The van der Waals surface area contributed by atoms with Gasteiger partial charge in [-0.1, -0.05) is 33.3 Å². The van der Waals surface area contributed by atoms with E-state index in [-0.39, 0.29) is 16.9 Å². The fourth-order valence-electron chi connectivity index (χ4n) is 5.00. The molecule has 0 aliphatic heterocycles. The average Bonchev–Trinajstić information content (AvgIpc) is 2.82. The Morgan fingerprint density at radius 3 is 2.58 bits per heavy atom. The molecule has 110 valence electrons. The molecule has 2 aliphatic carbocycles. The van der Waals surface area contributed by atoms with Gasteiger partial charge in [-0.05, 0) is 43.9 Å². The van der Waals surface area contributed by atoms with E-state index in [1.807, 2.05) is 13.0 Å². The van der Waals surface area contributed by atoms with Crippen LogP contribution in [-0.2, 0) is 4.74 Å². The number of ether oxygens (including phenoxy) is 1. The Labute approximate surface area is 118 Å². The van der Waals surface area contributed by atoms with Gasteiger partial charge in [0, 0.05) is 5.41 Å². The molecule has 0 aromatic rings. The second kappa shape index (κ2) is 4.89. The topological polar surface area (TPSA) is 29.5 Å². The number of rotatable bonds is 7. The van der Waals surface area contributed by atoms with Crippen LogP contribution in [0, 0.1) is 16.7 Å². The first-order valence-corrected chi connectivity index (χ1v) is 7.86. The van der Waals surface area contributed by atoms with Crippen molar-refractivity contribution in [3.05, 3.63) is 12.7 Å². The highest BCUT2D eigenvalue weighted by atomic mass is 16.5. The monoisotopic (exact) mass is 266 g/mol. The van der Waals surface area contributed by atoms with Gasteiger partial charge in [0.15, 0.2) is 0 Å². The van der Waals surface area contributed by atoms with Crippen molar-refractivity contribution >= 4 is 0 Å². The van der Waals surface area contributed by atoms with Gasteiger partial charge in [0.2, 0.25) is 0 Å². The lowest BCUT2D eigenvalue weighted by Gasteiger charge is -2.32. The molecular weight excluding hydrogens is 236 g/mol. The second-order valence-corrected chi connectivity index (χ2v) is 6.98. The Kier molecular flexibility index (Phi) is 3.88. The van der Waals surface area contributed by atoms with Crippen LogP contribution in [-0.4, -0.2) is 23.4 Å². The molecule has 1 N–H and O–H groups in total. The summed E-state index contributed by atoms with van der Waals surface area (Å²) in [5, 5.41) is 10.8. The molecule has 2 nitrogen and oxygen atoms in total. The van der Waals surface area contributed by atoms with Crippen LogP contribution < -0.4 is 0 Å². The summed E-state index contributed by atoms with van der Waals surface area (Å²) in [6.45, 7) is 13.3. The van der Waals surface area contributed by atoms with E-state index in [2.05, 4.69) is 27.4 Å². The van der Waals surface area contributed by atoms with E-state index in [0.717, 1.165) is 38.7 Å². The average molecular weight is 266 g/mol. The molecule has 2 fully saturated rings. The van der Waals surface area contributed by atoms with Gasteiger partial charge in [-0.3, -0.25) is 0 Å². The fourth-order valence-corrected chi connectivity index (χ4v) is 5.00. The first-order chi connectivity index (χ1) is 8.89. The summed E-state index contributed by atoms with van der Waals surface area (Å²) in [6, 6.07) is 0. The van der Waals surface area contributed by atoms with Crippen LogP contribution in [0.3, 0.4) is 0 Å². The number of hydrogen-bond donors (Lipinski definition) is 1. The van der Waals surface area contributed by atoms with Gasteiger partial charge < -0.3 is 9.84 Å². The molecule has 0 aromatic carbocycles. The highest BCUT2D eigenvalue weighted by Crippen LogP contribution is 2.82. The van der Waals surface area contributed by atoms with Crippen LogP contribution in [0.25, 0.3) is 0 Å². The van der Waals surface area contributed by atoms with Crippen molar-refractivity contribution in [2.75, 3.05) is 6.61 Å². The molecule has 0 radical (unpaired) electrons. The summed E-state index contributed by atoms with van der Waals surface area (Å²) in [6.07, 6.45) is 7.37. The third-order valence-corrected chi connectivity index (χ3v) is 6.18. The highest BCUT2D eigenvalue weighted by molar-refractivity contribution is 5.29. The van der Waals surface area contributed by atoms with Crippen molar-refractivity contribution in [1.29, 1.82) is 0 Å². The second-order valence-electron chi connectivity index (χ2n) is 6.98. The van der Waals surface area contributed by atoms with Gasteiger partial charge in [0.1, 0.15) is 0 Å². The Morgan fingerprint density at radius 2 is 2.05 bits per heavy atom. The molecule has 2 saturated carbocycles. The quantitative estimate of drug-likeness (QED) is 0.707. The van der Waals surface area contributed by atoms with Gasteiger partial charge in [0.05, 0.1) is 18.3 Å². The van der Waals surface area contributed by atoms with Gasteiger partial charge in [-0.25, -0.2) is 0 Å². The normalized spacial score (nSPS) is 45.8. The van der Waals surface area contributed by atoms with Crippen LogP contribution in [0.5, 0.6) is 0 Å². The minimum absolute atomic E-state index is 0.0915. The summed E-state index contributed by atoms with van der Waals surface area (Å²) < 4.78 is 6.00. The van der Waals surface area contributed by atoms with Crippen molar-refractivity contribution in [2.24, 2.45) is 16.7 Å². The molecule has 0 amide bonds. The van der Waals surface area contributed by atoms with Crippen molar-refractivity contribution in [3.8, 4) is 0 Å². The standard InChI is InChI=1S/C17H30O2/c1-6-9-17-14(12-19-13(7-2)8-3)15(17,4)10-11-16(17,5)18/h7,13-14,18H,2,6,8-12H2,1,3-5H3/t13?,14?,15?,16-,17+/m0/s1. The lowest BCUT2D eigenvalue weighted by atomic mass is 9.80. The van der Waals surface area contributed by atoms with Crippen LogP contribution >= 0.6 is 0 Å². The molecule has 2 heteroatoms. The largest absolute Gasteiger partial charge is 0.390 e. The Balaban J connectivity index is 2.09. The van der Waals surface area contributed by atoms with Gasteiger partial charge in [0.25, 0.3) is 0 Å². The molecule has 2 rings (SSSR count). The summed E-state index contributed by atoms with van der Waals surface area (Å²) in [5.41, 5.74) is -0.137. The zero-order valence-corrected chi connectivity index (χ0v) is 13.0. The van der Waals surface area contributed by atoms with Crippen LogP contribution in [0.4, 0.5) is 0 Å². The van der Waals surface area contributed by atoms with Gasteiger partial charge in [-0.15, -0.1) is 6.58 Å². The summed E-state index contributed by atoms with van der Waals surface area (Å²) >= 11 is 0. The minimum Gasteiger partial charge on any atom is -0.390 e. The van der Waals surface area contributed by atoms with Crippen molar-refractivity contribution in [2.45, 2.75) is 71.5 Å². The fraction of sp³-hybridized carbons (Fsp3) is 0.882.